The Balaban J connectivity index is 1.35. The van der Waals surface area contributed by atoms with Crippen LogP contribution in [0.5, 0.6) is 0 Å². The molecule has 10 heteroatoms. The van der Waals surface area contributed by atoms with E-state index < -0.39 is 0 Å². The highest BCUT2D eigenvalue weighted by molar-refractivity contribution is 6.42. The van der Waals surface area contributed by atoms with E-state index in [9.17, 15) is 9.59 Å². The molecular weight excluding hydrogens is 451 g/mol. The van der Waals surface area contributed by atoms with Gasteiger partial charge in [0.05, 0.1) is 16.2 Å². The van der Waals surface area contributed by atoms with Gasteiger partial charge in [-0.05, 0) is 35.4 Å². The fourth-order valence-electron chi connectivity index (χ4n) is 3.10. The van der Waals surface area contributed by atoms with Crippen molar-refractivity contribution in [3.63, 3.8) is 0 Å². The number of benzene rings is 1. The number of rotatable bonds is 7. The van der Waals surface area contributed by atoms with E-state index in [1.165, 1.54) is 6.20 Å². The predicted octanol–water partition coefficient (Wildman–Crippen LogP) is 3.18. The largest absolute Gasteiger partial charge is 0.350 e. The second-order valence-corrected chi connectivity index (χ2v) is 7.78. The Kier molecular flexibility index (Phi) is 6.63. The molecule has 0 aliphatic rings. The minimum atomic E-state index is -0.317. The number of aromatic nitrogens is 4. The number of pyridine rings is 1. The Morgan fingerprint density at radius 3 is 2.41 bits per heavy atom. The molecule has 0 saturated heterocycles. The standard InChI is InChI=1S/C22H18Cl2N6O2/c23-18-2-1-14(10-19(18)24)9-15-11-28-20-17(12-29-30(20)13-15)22(32)27-8-7-26-21(31)16-3-5-25-6-4-16/h1-6,10-13H,7-9H2,(H,26,31)(H,27,32). The van der Waals surface area contributed by atoms with Crippen LogP contribution in [0.4, 0.5) is 0 Å². The molecule has 0 unspecified atom stereocenters. The Bertz CT molecular complexity index is 1280. The second kappa shape index (κ2) is 9.76. The summed E-state index contributed by atoms with van der Waals surface area (Å²) < 4.78 is 1.56. The van der Waals surface area contributed by atoms with E-state index >= 15 is 0 Å². The first kappa shape index (κ1) is 21.7. The smallest absolute Gasteiger partial charge is 0.256 e. The van der Waals surface area contributed by atoms with Gasteiger partial charge in [0.2, 0.25) is 0 Å². The molecular formula is C22H18Cl2N6O2. The molecule has 0 aliphatic carbocycles. The van der Waals surface area contributed by atoms with Gasteiger partial charge in [0.15, 0.2) is 5.65 Å². The van der Waals surface area contributed by atoms with Crippen molar-refractivity contribution in [2.24, 2.45) is 0 Å². The minimum Gasteiger partial charge on any atom is -0.350 e. The highest BCUT2D eigenvalue weighted by Crippen LogP contribution is 2.24. The Labute approximate surface area is 193 Å². The van der Waals surface area contributed by atoms with Gasteiger partial charge in [-0.1, -0.05) is 29.3 Å². The van der Waals surface area contributed by atoms with Crippen molar-refractivity contribution in [2.45, 2.75) is 6.42 Å². The fourth-order valence-corrected chi connectivity index (χ4v) is 3.42. The van der Waals surface area contributed by atoms with Crippen molar-refractivity contribution >= 4 is 40.7 Å². The second-order valence-electron chi connectivity index (χ2n) is 6.96. The molecule has 2 N–H and O–H groups in total. The van der Waals surface area contributed by atoms with E-state index in [1.54, 1.807) is 41.3 Å². The average molecular weight is 469 g/mol. The summed E-state index contributed by atoms with van der Waals surface area (Å²) in [7, 11) is 0. The van der Waals surface area contributed by atoms with E-state index in [2.05, 4.69) is 25.7 Å². The van der Waals surface area contributed by atoms with Crippen LogP contribution in [0.3, 0.4) is 0 Å². The van der Waals surface area contributed by atoms with Crippen LogP contribution in [0.1, 0.15) is 31.8 Å². The van der Waals surface area contributed by atoms with Crippen LogP contribution in [0.15, 0.2) is 61.3 Å². The number of nitrogens with one attached hydrogen (secondary N) is 2. The third-order valence-electron chi connectivity index (χ3n) is 4.69. The van der Waals surface area contributed by atoms with Gasteiger partial charge in [-0.15, -0.1) is 0 Å². The van der Waals surface area contributed by atoms with Gasteiger partial charge in [0.25, 0.3) is 11.8 Å². The van der Waals surface area contributed by atoms with Crippen LogP contribution in [0.25, 0.3) is 5.65 Å². The van der Waals surface area contributed by atoms with Crippen LogP contribution in [0, 0.1) is 0 Å². The first-order valence-electron chi connectivity index (χ1n) is 9.74. The van der Waals surface area contributed by atoms with Gasteiger partial charge in [-0.25, -0.2) is 9.50 Å². The lowest BCUT2D eigenvalue weighted by Gasteiger charge is -2.07. The van der Waals surface area contributed by atoms with E-state index in [-0.39, 0.29) is 24.9 Å². The maximum absolute atomic E-state index is 12.5. The van der Waals surface area contributed by atoms with E-state index in [0.717, 1.165) is 11.1 Å². The van der Waals surface area contributed by atoms with Crippen LogP contribution in [0.2, 0.25) is 10.0 Å². The number of amides is 2. The highest BCUT2D eigenvalue weighted by Gasteiger charge is 2.14. The van der Waals surface area contributed by atoms with E-state index in [4.69, 9.17) is 23.2 Å². The summed E-state index contributed by atoms with van der Waals surface area (Å²) in [5.74, 6) is -0.545. The topological polar surface area (TPSA) is 101 Å². The van der Waals surface area contributed by atoms with Gasteiger partial charge < -0.3 is 10.6 Å². The zero-order valence-electron chi connectivity index (χ0n) is 16.8. The molecule has 1 aromatic carbocycles. The van der Waals surface area contributed by atoms with E-state index in [0.29, 0.717) is 33.2 Å². The number of hydrogen-bond acceptors (Lipinski definition) is 5. The highest BCUT2D eigenvalue weighted by atomic mass is 35.5. The molecule has 32 heavy (non-hydrogen) atoms. The number of carbonyl (C=O) groups excluding carboxylic acids is 2. The normalized spacial score (nSPS) is 10.8. The number of fused-ring (bicyclic) bond motifs is 1. The molecule has 0 spiro atoms. The third kappa shape index (κ3) is 5.04. The molecule has 4 rings (SSSR count). The molecule has 8 nitrogen and oxygen atoms in total. The molecule has 0 radical (unpaired) electrons. The van der Waals surface area contributed by atoms with Crippen molar-refractivity contribution in [1.82, 2.24) is 30.2 Å². The summed E-state index contributed by atoms with van der Waals surface area (Å²) in [6, 6.07) is 8.70. The summed E-state index contributed by atoms with van der Waals surface area (Å²) in [4.78, 5) is 32.8. The molecule has 0 aliphatic heterocycles. The lowest BCUT2D eigenvalue weighted by molar-refractivity contribution is 0.0928. The summed E-state index contributed by atoms with van der Waals surface area (Å²) in [5.41, 5.74) is 3.20. The Hall–Kier alpha value is -3.49. The number of carbonyl (C=O) groups is 2. The van der Waals surface area contributed by atoms with Crippen molar-refractivity contribution in [2.75, 3.05) is 13.1 Å². The zero-order chi connectivity index (χ0) is 22.5. The number of hydrogen-bond donors (Lipinski definition) is 2. The van der Waals surface area contributed by atoms with Gasteiger partial charge >= 0.3 is 0 Å². The van der Waals surface area contributed by atoms with Gasteiger partial charge in [0, 0.05) is 49.9 Å². The molecule has 0 fully saturated rings. The summed E-state index contributed by atoms with van der Waals surface area (Å²) >= 11 is 12.0. The van der Waals surface area contributed by atoms with Gasteiger partial charge in [-0.2, -0.15) is 5.10 Å². The monoisotopic (exact) mass is 468 g/mol. The molecule has 3 heterocycles. The van der Waals surface area contributed by atoms with Crippen LogP contribution in [-0.2, 0) is 6.42 Å². The summed E-state index contributed by atoms with van der Waals surface area (Å²) in [5, 5.41) is 10.7. The molecule has 4 aromatic rings. The Morgan fingerprint density at radius 1 is 0.906 bits per heavy atom. The zero-order valence-corrected chi connectivity index (χ0v) is 18.3. The van der Waals surface area contributed by atoms with Crippen molar-refractivity contribution < 1.29 is 9.59 Å². The van der Waals surface area contributed by atoms with Gasteiger partial charge in [-0.3, -0.25) is 14.6 Å². The lowest BCUT2D eigenvalue weighted by Crippen LogP contribution is -2.34. The summed E-state index contributed by atoms with van der Waals surface area (Å²) in [6.45, 7) is 0.551. The molecule has 162 valence electrons. The Morgan fingerprint density at radius 2 is 1.66 bits per heavy atom. The molecule has 0 saturated carbocycles. The van der Waals surface area contributed by atoms with Crippen LogP contribution in [-0.4, -0.2) is 44.5 Å². The van der Waals surface area contributed by atoms with Crippen LogP contribution < -0.4 is 10.6 Å². The fraction of sp³-hybridized carbons (Fsp3) is 0.136. The predicted molar refractivity (Wildman–Crippen MR) is 121 cm³/mol. The SMILES string of the molecule is O=C(NCCNC(=O)c1cnn2cc(Cc3ccc(Cl)c(Cl)c3)cnc12)c1ccncc1. The van der Waals surface area contributed by atoms with E-state index in [1.807, 2.05) is 18.3 Å². The lowest BCUT2D eigenvalue weighted by atomic mass is 10.1. The molecule has 0 bridgehead atoms. The quantitative estimate of drug-likeness (QED) is 0.405. The molecule has 2 amide bonds. The van der Waals surface area contributed by atoms with Gasteiger partial charge in [0.1, 0.15) is 5.56 Å². The average Bonchev–Trinajstić information content (AvgIpc) is 3.23. The third-order valence-corrected chi connectivity index (χ3v) is 5.42. The maximum Gasteiger partial charge on any atom is 0.256 e. The maximum atomic E-state index is 12.5. The minimum absolute atomic E-state index is 0.228. The van der Waals surface area contributed by atoms with Crippen molar-refractivity contribution in [3.8, 4) is 0 Å². The van der Waals surface area contributed by atoms with Crippen molar-refractivity contribution in [1.29, 1.82) is 0 Å². The molecule has 0 atom stereocenters. The van der Waals surface area contributed by atoms with Crippen molar-refractivity contribution in [3.05, 3.63) is 93.6 Å². The molecule has 3 aromatic heterocycles. The first-order chi connectivity index (χ1) is 15.5. The number of halogens is 2. The summed E-state index contributed by atoms with van der Waals surface area (Å²) in [6.07, 6.45) is 8.67. The van der Waals surface area contributed by atoms with Crippen LogP contribution >= 0.6 is 23.2 Å². The first-order valence-corrected chi connectivity index (χ1v) is 10.5. The number of nitrogens with zero attached hydrogens (tertiary/aromatic N) is 4.